The molecule has 26 heavy (non-hydrogen) atoms. The lowest BCUT2D eigenvalue weighted by Gasteiger charge is -2.09. The number of aliphatic imine (C=N–C) groups is 1. The maximum atomic E-state index is 14.2. The Bertz CT molecular complexity index is 1230. The van der Waals surface area contributed by atoms with Crippen molar-refractivity contribution in [3.63, 3.8) is 0 Å². The lowest BCUT2D eigenvalue weighted by Crippen LogP contribution is -2.27. The molecule has 1 aliphatic rings. The van der Waals surface area contributed by atoms with Gasteiger partial charge in [-0.05, 0) is 34.6 Å². The summed E-state index contributed by atoms with van der Waals surface area (Å²) in [5, 5.41) is 11.7. The first kappa shape index (κ1) is 16.4. The molecule has 1 aliphatic heterocycles. The van der Waals surface area contributed by atoms with E-state index >= 15 is 0 Å². The van der Waals surface area contributed by atoms with E-state index in [0.29, 0.717) is 10.5 Å². The van der Waals surface area contributed by atoms with Crippen LogP contribution >= 0.6 is 11.3 Å². The minimum absolute atomic E-state index is 0.0811. The highest BCUT2D eigenvalue weighted by molar-refractivity contribution is 7.10. The smallest absolute Gasteiger partial charge is 0.307 e. The van der Waals surface area contributed by atoms with Gasteiger partial charge >= 0.3 is 4.87 Å². The molecule has 2 heterocycles. The maximum absolute atomic E-state index is 14.2. The quantitative estimate of drug-likeness (QED) is 0.743. The van der Waals surface area contributed by atoms with Crippen LogP contribution in [0.1, 0.15) is 10.4 Å². The van der Waals surface area contributed by atoms with Gasteiger partial charge in [0.1, 0.15) is 11.6 Å². The first-order chi connectivity index (χ1) is 12.5. The number of aromatic nitrogens is 1. The summed E-state index contributed by atoms with van der Waals surface area (Å²) in [6, 6.07) is 8.83. The molecule has 4 nitrogen and oxygen atoms in total. The molecule has 0 aliphatic carbocycles. The third kappa shape index (κ3) is 2.86. The lowest BCUT2D eigenvalue weighted by atomic mass is 9.99. The van der Waals surface area contributed by atoms with Crippen LogP contribution in [-0.2, 0) is 6.42 Å². The Balaban J connectivity index is 2.01. The Morgan fingerprint density at radius 1 is 1.23 bits per heavy atom. The fraction of sp³-hybridized carbons (Fsp3) is 0.0526. The number of hydrogen-bond donors (Lipinski definition) is 2. The monoisotopic (exact) mass is 370 g/mol. The van der Waals surface area contributed by atoms with Gasteiger partial charge in [-0.3, -0.25) is 14.8 Å². The Hall–Kier alpha value is -3.06. The molecule has 2 aromatic carbocycles. The van der Waals surface area contributed by atoms with Gasteiger partial charge in [-0.15, -0.1) is 0 Å². The number of thiazole rings is 1. The number of rotatable bonds is 3. The average Bonchev–Trinajstić information content (AvgIpc) is 3.20. The summed E-state index contributed by atoms with van der Waals surface area (Å²) in [4.78, 5) is 18.2. The highest BCUT2D eigenvalue weighted by Gasteiger charge is 2.17. The van der Waals surface area contributed by atoms with E-state index in [0.717, 1.165) is 33.5 Å². The predicted octanol–water partition coefficient (Wildman–Crippen LogP) is 2.36. The third-order valence-electron chi connectivity index (χ3n) is 4.15. The molecule has 0 amide bonds. The van der Waals surface area contributed by atoms with Gasteiger partial charge < -0.3 is 5.11 Å². The molecule has 7 heteroatoms. The predicted molar refractivity (Wildman–Crippen MR) is 97.5 cm³/mol. The molecule has 0 saturated heterocycles. The number of nitrogens with zero attached hydrogens (tertiary/aromatic N) is 1. The van der Waals surface area contributed by atoms with Crippen molar-refractivity contribution in [3.8, 4) is 5.88 Å². The number of fused-ring (bicyclic) bond motifs is 1. The zero-order valence-corrected chi connectivity index (χ0v) is 14.1. The van der Waals surface area contributed by atoms with Gasteiger partial charge in [0.15, 0.2) is 0 Å². The standard InChI is InChI=1S/C19H12F2N2O2S/c20-11-5-4-10(15(21)9-11)8-14(17-18(24)23-19(25)26-17)12-2-1-3-16-13(12)6-7-22-16/h1-7,9,24H,8H2,(H,23,25). The summed E-state index contributed by atoms with van der Waals surface area (Å²) >= 11 is 0.842. The van der Waals surface area contributed by atoms with Gasteiger partial charge in [0, 0.05) is 23.9 Å². The van der Waals surface area contributed by atoms with Crippen molar-refractivity contribution in [3.05, 3.63) is 78.6 Å². The lowest BCUT2D eigenvalue weighted by molar-refractivity contribution is 0.454. The number of H-pyrrole nitrogens is 1. The van der Waals surface area contributed by atoms with Crippen LogP contribution in [-0.4, -0.2) is 16.3 Å². The summed E-state index contributed by atoms with van der Waals surface area (Å²) in [5.41, 5.74) is 1.58. The summed E-state index contributed by atoms with van der Waals surface area (Å²) in [6.45, 7) is 0. The van der Waals surface area contributed by atoms with Crippen LogP contribution in [0.2, 0.25) is 0 Å². The molecule has 3 aromatic rings. The van der Waals surface area contributed by atoms with Crippen LogP contribution in [0.15, 0.2) is 46.2 Å². The first-order valence-corrected chi connectivity index (χ1v) is 8.57. The van der Waals surface area contributed by atoms with E-state index in [9.17, 15) is 18.7 Å². The highest BCUT2D eigenvalue weighted by atomic mass is 32.1. The van der Waals surface area contributed by atoms with Crippen LogP contribution in [0, 0.1) is 11.6 Å². The van der Waals surface area contributed by atoms with Crippen molar-refractivity contribution in [1.29, 1.82) is 0 Å². The molecule has 0 unspecified atom stereocenters. The van der Waals surface area contributed by atoms with E-state index in [2.05, 4.69) is 9.98 Å². The minimum atomic E-state index is -0.683. The molecule has 130 valence electrons. The molecule has 0 saturated carbocycles. The Kier molecular flexibility index (Phi) is 4.00. The number of halogens is 2. The normalized spacial score (nSPS) is 13.5. The number of aromatic hydroxyl groups is 1. The molecule has 1 aromatic heterocycles. The van der Waals surface area contributed by atoms with Crippen LogP contribution < -0.4 is 15.3 Å². The van der Waals surface area contributed by atoms with Gasteiger partial charge in [-0.2, -0.15) is 0 Å². The molecule has 0 atom stereocenters. The minimum Gasteiger partial charge on any atom is -0.493 e. The van der Waals surface area contributed by atoms with Crippen LogP contribution in [0.3, 0.4) is 0 Å². The fourth-order valence-corrected chi connectivity index (χ4v) is 3.76. The third-order valence-corrected chi connectivity index (χ3v) is 5.08. The molecule has 4 rings (SSSR count). The van der Waals surface area contributed by atoms with Gasteiger partial charge in [0.25, 0.3) is 0 Å². The Labute approximate surface area is 150 Å². The van der Waals surface area contributed by atoms with Gasteiger partial charge in [0.2, 0.25) is 5.88 Å². The largest absolute Gasteiger partial charge is 0.493 e. The second kappa shape index (κ2) is 6.34. The zero-order chi connectivity index (χ0) is 18.3. The van der Waals surface area contributed by atoms with Crippen molar-refractivity contribution in [2.75, 3.05) is 0 Å². The van der Waals surface area contributed by atoms with E-state index in [4.69, 9.17) is 0 Å². The molecular weight excluding hydrogens is 358 g/mol. The topological polar surface area (TPSA) is 65.5 Å². The SMILES string of the molecule is O=c1[nH]c(O)c(C(Cc2ccc(F)cc2F)=c2cccc3c2=CC=N3)s1. The van der Waals surface area contributed by atoms with E-state index < -0.39 is 16.5 Å². The molecule has 0 fully saturated rings. The molecule has 2 N–H and O–H groups in total. The molecule has 0 bridgehead atoms. The van der Waals surface area contributed by atoms with Crippen molar-refractivity contribution < 1.29 is 13.9 Å². The van der Waals surface area contributed by atoms with Crippen LogP contribution in [0.4, 0.5) is 14.5 Å². The van der Waals surface area contributed by atoms with E-state index in [1.165, 1.54) is 12.1 Å². The van der Waals surface area contributed by atoms with Gasteiger partial charge in [0.05, 0.1) is 10.6 Å². The number of hydrogen-bond acceptors (Lipinski definition) is 4. The first-order valence-electron chi connectivity index (χ1n) is 7.76. The maximum Gasteiger partial charge on any atom is 0.307 e. The zero-order valence-electron chi connectivity index (χ0n) is 13.3. The van der Waals surface area contributed by atoms with Crippen LogP contribution in [0.5, 0.6) is 5.88 Å². The van der Waals surface area contributed by atoms with Crippen LogP contribution in [0.25, 0.3) is 11.6 Å². The molecule has 0 radical (unpaired) electrons. The van der Waals surface area contributed by atoms with Crippen molar-refractivity contribution in [1.82, 2.24) is 4.98 Å². The second-order valence-corrected chi connectivity index (χ2v) is 6.75. The number of benzene rings is 2. The number of nitrogens with one attached hydrogen (secondary N) is 1. The summed E-state index contributed by atoms with van der Waals surface area (Å²) in [5.74, 6) is -1.61. The van der Waals surface area contributed by atoms with Gasteiger partial charge in [-0.25, -0.2) is 8.78 Å². The second-order valence-electron chi connectivity index (χ2n) is 5.77. The number of aromatic amines is 1. The van der Waals surface area contributed by atoms with Crippen molar-refractivity contribution >= 4 is 34.9 Å². The summed E-state index contributed by atoms with van der Waals surface area (Å²) in [6.07, 6.45) is 3.56. The summed E-state index contributed by atoms with van der Waals surface area (Å²) in [7, 11) is 0. The Morgan fingerprint density at radius 2 is 2.08 bits per heavy atom. The van der Waals surface area contributed by atoms with E-state index in [1.807, 2.05) is 18.2 Å². The van der Waals surface area contributed by atoms with E-state index in [1.54, 1.807) is 12.3 Å². The molecular formula is C19H12F2N2O2S. The van der Waals surface area contributed by atoms with E-state index in [-0.39, 0.29) is 17.9 Å². The molecule has 0 spiro atoms. The highest BCUT2D eigenvalue weighted by Crippen LogP contribution is 2.27. The fourth-order valence-electron chi connectivity index (χ4n) is 2.97. The Morgan fingerprint density at radius 3 is 2.81 bits per heavy atom. The van der Waals surface area contributed by atoms with Crippen molar-refractivity contribution in [2.24, 2.45) is 4.99 Å². The average molecular weight is 370 g/mol. The van der Waals surface area contributed by atoms with Crippen molar-refractivity contribution in [2.45, 2.75) is 6.42 Å². The summed E-state index contributed by atoms with van der Waals surface area (Å²) < 4.78 is 27.4. The van der Waals surface area contributed by atoms with Gasteiger partial charge in [-0.1, -0.05) is 29.5 Å².